The van der Waals surface area contributed by atoms with E-state index in [2.05, 4.69) is 27.6 Å². The van der Waals surface area contributed by atoms with Crippen molar-refractivity contribution in [2.75, 3.05) is 6.61 Å². The molecule has 138 valence electrons. The molecule has 3 aromatic rings. The fourth-order valence-electron chi connectivity index (χ4n) is 2.54. The van der Waals surface area contributed by atoms with Crippen LogP contribution in [0.4, 0.5) is 0 Å². The number of ether oxygens (including phenoxy) is 1. The zero-order chi connectivity index (χ0) is 19.1. The van der Waals surface area contributed by atoms with Gasteiger partial charge in [-0.2, -0.15) is 10.2 Å². The molecule has 0 saturated carbocycles. The van der Waals surface area contributed by atoms with Crippen molar-refractivity contribution in [2.24, 2.45) is 5.10 Å². The van der Waals surface area contributed by atoms with Crippen LogP contribution < -0.4 is 10.2 Å². The molecule has 1 amide bonds. The Labute approximate surface area is 158 Å². The molecule has 0 fully saturated rings. The maximum Gasteiger partial charge on any atom is 0.289 e. The molecule has 6 nitrogen and oxygen atoms in total. The number of carbonyl (C=O) groups excluding carboxylic acids is 1. The lowest BCUT2D eigenvalue weighted by Crippen LogP contribution is -2.17. The van der Waals surface area contributed by atoms with Gasteiger partial charge in [0.15, 0.2) is 0 Å². The summed E-state index contributed by atoms with van der Waals surface area (Å²) < 4.78 is 5.43. The second-order valence-corrected chi connectivity index (χ2v) is 5.92. The Morgan fingerprint density at radius 1 is 1.15 bits per heavy atom. The third kappa shape index (κ3) is 4.82. The average molecular weight is 362 g/mol. The molecule has 0 bridgehead atoms. The van der Waals surface area contributed by atoms with Crippen molar-refractivity contribution in [3.63, 3.8) is 0 Å². The van der Waals surface area contributed by atoms with E-state index in [0.29, 0.717) is 18.0 Å². The summed E-state index contributed by atoms with van der Waals surface area (Å²) in [5.74, 6) is 0.456. The lowest BCUT2D eigenvalue weighted by molar-refractivity contribution is 0.0950. The van der Waals surface area contributed by atoms with Gasteiger partial charge in [-0.1, -0.05) is 31.2 Å². The number of nitrogens with one attached hydrogen (secondary N) is 2. The Bertz CT molecular complexity index is 912. The number of aryl methyl sites for hydroxylation is 1. The predicted octanol–water partition coefficient (Wildman–Crippen LogP) is 3.80. The molecule has 0 saturated heterocycles. The Kier molecular flexibility index (Phi) is 5.99. The van der Waals surface area contributed by atoms with E-state index in [-0.39, 0.29) is 5.91 Å². The number of aromatic nitrogens is 2. The van der Waals surface area contributed by atoms with E-state index in [4.69, 9.17) is 4.74 Å². The summed E-state index contributed by atoms with van der Waals surface area (Å²) in [6.07, 6.45) is 2.60. The quantitative estimate of drug-likeness (QED) is 0.495. The number of hydrogen-bond acceptors (Lipinski definition) is 4. The summed E-state index contributed by atoms with van der Waals surface area (Å²) in [5.41, 5.74) is 6.61. The second-order valence-electron chi connectivity index (χ2n) is 5.92. The van der Waals surface area contributed by atoms with Crippen molar-refractivity contribution in [1.29, 1.82) is 0 Å². The number of rotatable bonds is 7. The highest BCUT2D eigenvalue weighted by molar-refractivity contribution is 5.94. The van der Waals surface area contributed by atoms with Gasteiger partial charge < -0.3 is 4.74 Å². The van der Waals surface area contributed by atoms with Gasteiger partial charge in [-0.15, -0.1) is 0 Å². The average Bonchev–Trinajstić information content (AvgIpc) is 3.20. The van der Waals surface area contributed by atoms with Crippen LogP contribution in [0.1, 0.15) is 35.5 Å². The maximum absolute atomic E-state index is 12.2. The molecule has 27 heavy (non-hydrogen) atoms. The monoisotopic (exact) mass is 362 g/mol. The molecule has 0 unspecified atom stereocenters. The van der Waals surface area contributed by atoms with E-state index in [1.54, 1.807) is 12.3 Å². The molecule has 2 N–H and O–H groups in total. The number of amides is 1. The lowest BCUT2D eigenvalue weighted by Gasteiger charge is -2.02. The van der Waals surface area contributed by atoms with Crippen LogP contribution in [0.3, 0.4) is 0 Å². The summed E-state index contributed by atoms with van der Waals surface area (Å²) in [6.45, 7) is 4.67. The van der Waals surface area contributed by atoms with Crippen LogP contribution in [0, 0.1) is 0 Å². The van der Waals surface area contributed by atoms with Gasteiger partial charge >= 0.3 is 0 Å². The SMILES string of the molecule is CCOc1ccc(-c2cc(C(=O)NN=Cc3ccc(CC)cc3)[nH]n2)cc1. The minimum atomic E-state index is -0.346. The van der Waals surface area contributed by atoms with Gasteiger partial charge in [0, 0.05) is 5.56 Å². The van der Waals surface area contributed by atoms with Gasteiger partial charge in [0.25, 0.3) is 5.91 Å². The Morgan fingerprint density at radius 2 is 1.89 bits per heavy atom. The largest absolute Gasteiger partial charge is 0.494 e. The summed E-state index contributed by atoms with van der Waals surface area (Å²) in [7, 11) is 0. The Balaban J connectivity index is 1.61. The molecule has 0 aliphatic rings. The smallest absolute Gasteiger partial charge is 0.289 e. The van der Waals surface area contributed by atoms with Crippen molar-refractivity contribution < 1.29 is 9.53 Å². The van der Waals surface area contributed by atoms with Gasteiger partial charge in [-0.3, -0.25) is 9.89 Å². The molecule has 6 heteroatoms. The van der Waals surface area contributed by atoms with Gasteiger partial charge in [0.05, 0.1) is 18.5 Å². The molecule has 0 atom stereocenters. The van der Waals surface area contributed by atoms with Crippen LogP contribution in [0.5, 0.6) is 5.75 Å². The molecule has 2 aromatic carbocycles. The number of carbonyl (C=O) groups is 1. The molecule has 0 radical (unpaired) electrons. The number of benzene rings is 2. The van der Waals surface area contributed by atoms with E-state index in [0.717, 1.165) is 23.3 Å². The van der Waals surface area contributed by atoms with Crippen molar-refractivity contribution in [3.05, 3.63) is 71.4 Å². The zero-order valence-corrected chi connectivity index (χ0v) is 15.4. The molecule has 0 aliphatic carbocycles. The first-order valence-corrected chi connectivity index (χ1v) is 8.90. The molecule has 1 aromatic heterocycles. The van der Waals surface area contributed by atoms with Gasteiger partial charge in [-0.05, 0) is 54.8 Å². The topological polar surface area (TPSA) is 79.4 Å². The highest BCUT2D eigenvalue weighted by atomic mass is 16.5. The third-order valence-corrected chi connectivity index (χ3v) is 4.05. The van der Waals surface area contributed by atoms with Crippen LogP contribution >= 0.6 is 0 Å². The summed E-state index contributed by atoms with van der Waals surface area (Å²) >= 11 is 0. The fraction of sp³-hybridized carbons (Fsp3) is 0.190. The highest BCUT2D eigenvalue weighted by Gasteiger charge is 2.10. The highest BCUT2D eigenvalue weighted by Crippen LogP contribution is 2.21. The van der Waals surface area contributed by atoms with E-state index in [1.165, 1.54) is 5.56 Å². The number of hydrogen-bond donors (Lipinski definition) is 2. The van der Waals surface area contributed by atoms with Crippen LogP contribution in [0.25, 0.3) is 11.3 Å². The predicted molar refractivity (Wildman–Crippen MR) is 106 cm³/mol. The minimum absolute atomic E-state index is 0.345. The summed E-state index contributed by atoms with van der Waals surface area (Å²) in [4.78, 5) is 12.2. The molecule has 0 spiro atoms. The number of hydrazone groups is 1. The normalized spacial score (nSPS) is 10.9. The standard InChI is InChI=1S/C21H22N4O2/c1-3-15-5-7-16(8-6-15)14-22-25-21(26)20-13-19(23-24-20)17-9-11-18(12-10-17)27-4-2/h5-14H,3-4H2,1-2H3,(H,23,24)(H,25,26). The first-order valence-electron chi connectivity index (χ1n) is 8.90. The first kappa shape index (κ1) is 18.4. The number of nitrogens with zero attached hydrogens (tertiary/aromatic N) is 2. The van der Waals surface area contributed by atoms with Crippen LogP contribution in [-0.4, -0.2) is 28.9 Å². The van der Waals surface area contributed by atoms with Gasteiger partial charge in [0.1, 0.15) is 11.4 Å². The number of H-pyrrole nitrogens is 1. The third-order valence-electron chi connectivity index (χ3n) is 4.05. The van der Waals surface area contributed by atoms with Crippen molar-refractivity contribution in [1.82, 2.24) is 15.6 Å². The van der Waals surface area contributed by atoms with Gasteiger partial charge in [-0.25, -0.2) is 5.43 Å². The van der Waals surface area contributed by atoms with Crippen LogP contribution in [0.15, 0.2) is 59.7 Å². The van der Waals surface area contributed by atoms with Crippen LogP contribution in [-0.2, 0) is 6.42 Å². The van der Waals surface area contributed by atoms with E-state index < -0.39 is 0 Å². The molecule has 0 aliphatic heterocycles. The van der Waals surface area contributed by atoms with Crippen molar-refractivity contribution >= 4 is 12.1 Å². The minimum Gasteiger partial charge on any atom is -0.494 e. The molecular formula is C21H22N4O2. The fourth-order valence-corrected chi connectivity index (χ4v) is 2.54. The Hall–Kier alpha value is -3.41. The Morgan fingerprint density at radius 3 is 2.56 bits per heavy atom. The van der Waals surface area contributed by atoms with Crippen LogP contribution in [0.2, 0.25) is 0 Å². The van der Waals surface area contributed by atoms with Crippen molar-refractivity contribution in [2.45, 2.75) is 20.3 Å². The van der Waals surface area contributed by atoms with E-state index in [1.807, 2.05) is 55.5 Å². The van der Waals surface area contributed by atoms with Crippen molar-refractivity contribution in [3.8, 4) is 17.0 Å². The molecule has 3 rings (SSSR count). The van der Waals surface area contributed by atoms with Gasteiger partial charge in [0.2, 0.25) is 0 Å². The number of aromatic amines is 1. The van der Waals surface area contributed by atoms with E-state index in [9.17, 15) is 4.79 Å². The maximum atomic E-state index is 12.2. The zero-order valence-electron chi connectivity index (χ0n) is 15.4. The first-order chi connectivity index (χ1) is 13.2. The summed E-state index contributed by atoms with van der Waals surface area (Å²) in [5, 5.41) is 10.9. The molecule has 1 heterocycles. The second kappa shape index (κ2) is 8.80. The lowest BCUT2D eigenvalue weighted by atomic mass is 10.1. The summed E-state index contributed by atoms with van der Waals surface area (Å²) in [6, 6.07) is 17.3. The van der Waals surface area contributed by atoms with E-state index >= 15 is 0 Å². The molecular weight excluding hydrogens is 340 g/mol.